The lowest BCUT2D eigenvalue weighted by Crippen LogP contribution is -2.17. The van der Waals surface area contributed by atoms with Gasteiger partial charge in [-0.3, -0.25) is 4.99 Å². The lowest BCUT2D eigenvalue weighted by Gasteiger charge is -2.17. The second kappa shape index (κ2) is 11.5. The van der Waals surface area contributed by atoms with Crippen molar-refractivity contribution < 1.29 is 9.84 Å². The van der Waals surface area contributed by atoms with E-state index in [0.29, 0.717) is 18.2 Å². The molecule has 0 saturated heterocycles. The van der Waals surface area contributed by atoms with Gasteiger partial charge in [0.15, 0.2) is 11.4 Å². The van der Waals surface area contributed by atoms with Crippen LogP contribution in [0.25, 0.3) is 15.8 Å². The van der Waals surface area contributed by atoms with E-state index in [0.717, 1.165) is 70.0 Å². The fraction of sp³-hybridized carbons (Fsp3) is 0.300. The maximum Gasteiger partial charge on any atom is 0.251 e. The van der Waals surface area contributed by atoms with Gasteiger partial charge in [0.1, 0.15) is 5.82 Å². The van der Waals surface area contributed by atoms with Crippen LogP contribution in [0.4, 0.5) is 16.9 Å². The van der Waals surface area contributed by atoms with Crippen molar-refractivity contribution in [3.8, 4) is 0 Å². The third kappa shape index (κ3) is 6.27. The Balaban J connectivity index is 1.27. The molecule has 4 aromatic rings. The Kier molecular flexibility index (Phi) is 7.53. The molecule has 1 atom stereocenters. The number of benzene rings is 2. The molecule has 2 aliphatic rings. The van der Waals surface area contributed by atoms with E-state index in [2.05, 4.69) is 40.7 Å². The van der Waals surface area contributed by atoms with Crippen LogP contribution in [0.5, 0.6) is 0 Å². The zero-order valence-corrected chi connectivity index (χ0v) is 22.6. The van der Waals surface area contributed by atoms with Crippen LogP contribution in [0.2, 0.25) is 0 Å². The van der Waals surface area contributed by atoms with Crippen LogP contribution in [0.15, 0.2) is 70.7 Å². The molecule has 1 unspecified atom stereocenters. The second-order valence-electron chi connectivity index (χ2n) is 9.81. The Labute approximate surface area is 231 Å². The number of anilines is 2. The van der Waals surface area contributed by atoms with Gasteiger partial charge in [0.05, 0.1) is 22.0 Å². The molecule has 1 aliphatic carbocycles. The molecule has 198 valence electrons. The summed E-state index contributed by atoms with van der Waals surface area (Å²) in [6.07, 6.45) is 8.14. The SMILES string of the molecule is COC1CC=C(c2ccc3nc(Nc4cc(Cc5ccccc5)nc(N=C5CCC(O)CC5)n4)sc3c2)C=N1. The highest BCUT2D eigenvalue weighted by Gasteiger charge is 2.17. The Bertz CT molecular complexity index is 1550. The van der Waals surface area contributed by atoms with E-state index in [-0.39, 0.29) is 12.3 Å². The second-order valence-corrected chi connectivity index (χ2v) is 10.8. The number of methoxy groups -OCH3 is 1. The summed E-state index contributed by atoms with van der Waals surface area (Å²) >= 11 is 1.58. The van der Waals surface area contributed by atoms with Gasteiger partial charge in [0.25, 0.3) is 5.95 Å². The molecule has 6 rings (SSSR count). The monoisotopic (exact) mass is 538 g/mol. The Morgan fingerprint density at radius 1 is 1.05 bits per heavy atom. The molecular formula is C30H30N6O2S. The number of ether oxygens (including phenoxy) is 1. The van der Waals surface area contributed by atoms with Crippen molar-refractivity contribution in [2.24, 2.45) is 9.98 Å². The molecule has 0 bridgehead atoms. The highest BCUT2D eigenvalue weighted by Crippen LogP contribution is 2.31. The summed E-state index contributed by atoms with van der Waals surface area (Å²) in [6, 6.07) is 18.5. The highest BCUT2D eigenvalue weighted by atomic mass is 32.1. The van der Waals surface area contributed by atoms with E-state index >= 15 is 0 Å². The van der Waals surface area contributed by atoms with Crippen LogP contribution in [-0.2, 0) is 11.2 Å². The van der Waals surface area contributed by atoms with Crippen LogP contribution in [0.3, 0.4) is 0 Å². The fourth-order valence-corrected chi connectivity index (χ4v) is 5.72. The molecule has 2 aromatic carbocycles. The van der Waals surface area contributed by atoms with Gasteiger partial charge in [-0.15, -0.1) is 0 Å². The first-order chi connectivity index (χ1) is 19.1. The number of thiazole rings is 1. The van der Waals surface area contributed by atoms with Crippen LogP contribution < -0.4 is 5.32 Å². The van der Waals surface area contributed by atoms with Crippen molar-refractivity contribution in [1.29, 1.82) is 0 Å². The van der Waals surface area contributed by atoms with Crippen LogP contribution >= 0.6 is 11.3 Å². The first kappa shape index (κ1) is 25.5. The number of dihydropyridines is 1. The van der Waals surface area contributed by atoms with E-state index < -0.39 is 0 Å². The number of nitrogens with one attached hydrogen (secondary N) is 1. The lowest BCUT2D eigenvalue weighted by atomic mass is 9.96. The summed E-state index contributed by atoms with van der Waals surface area (Å²) in [4.78, 5) is 23.5. The summed E-state index contributed by atoms with van der Waals surface area (Å²) in [7, 11) is 1.68. The Morgan fingerprint density at radius 3 is 2.67 bits per heavy atom. The third-order valence-electron chi connectivity index (χ3n) is 6.93. The molecule has 2 N–H and O–H groups in total. The molecule has 3 heterocycles. The fourth-order valence-electron chi connectivity index (χ4n) is 4.80. The van der Waals surface area contributed by atoms with Crippen molar-refractivity contribution in [3.63, 3.8) is 0 Å². The zero-order chi connectivity index (χ0) is 26.6. The van der Waals surface area contributed by atoms with Gasteiger partial charge in [0.2, 0.25) is 0 Å². The number of aliphatic imine (C=N–C) groups is 2. The minimum absolute atomic E-state index is 0.101. The van der Waals surface area contributed by atoms with Gasteiger partial charge in [-0.05, 0) is 54.5 Å². The molecule has 1 aliphatic heterocycles. The maximum atomic E-state index is 9.86. The molecule has 8 nitrogen and oxygen atoms in total. The van der Waals surface area contributed by atoms with Crippen molar-refractivity contribution in [2.45, 2.75) is 50.9 Å². The predicted molar refractivity (Wildman–Crippen MR) is 158 cm³/mol. The normalized spacial score (nSPS) is 19.2. The minimum atomic E-state index is -0.241. The van der Waals surface area contributed by atoms with Gasteiger partial charge in [0, 0.05) is 37.9 Å². The van der Waals surface area contributed by atoms with Gasteiger partial charge in [-0.2, -0.15) is 4.98 Å². The zero-order valence-electron chi connectivity index (χ0n) is 21.7. The average Bonchev–Trinajstić information content (AvgIpc) is 3.36. The summed E-state index contributed by atoms with van der Waals surface area (Å²) in [6.45, 7) is 0. The van der Waals surface area contributed by atoms with Crippen molar-refractivity contribution in [2.75, 3.05) is 12.4 Å². The van der Waals surface area contributed by atoms with E-state index in [9.17, 15) is 5.11 Å². The summed E-state index contributed by atoms with van der Waals surface area (Å²) in [5.41, 5.74) is 6.22. The van der Waals surface area contributed by atoms with Gasteiger partial charge in [-0.25, -0.2) is 15.0 Å². The molecule has 9 heteroatoms. The van der Waals surface area contributed by atoms with Crippen LogP contribution in [-0.4, -0.2) is 51.4 Å². The summed E-state index contributed by atoms with van der Waals surface area (Å²) < 4.78 is 6.40. The van der Waals surface area contributed by atoms with Gasteiger partial charge >= 0.3 is 0 Å². The third-order valence-corrected chi connectivity index (χ3v) is 7.87. The smallest absolute Gasteiger partial charge is 0.251 e. The quantitative estimate of drug-likeness (QED) is 0.288. The lowest BCUT2D eigenvalue weighted by molar-refractivity contribution is 0.113. The summed E-state index contributed by atoms with van der Waals surface area (Å²) in [5, 5.41) is 14.0. The molecule has 39 heavy (non-hydrogen) atoms. The number of allylic oxidation sites excluding steroid dienone is 1. The van der Waals surface area contributed by atoms with Crippen molar-refractivity contribution >= 4 is 56.0 Å². The minimum Gasteiger partial charge on any atom is -0.393 e. The molecule has 0 spiro atoms. The molecule has 1 saturated carbocycles. The first-order valence-corrected chi connectivity index (χ1v) is 14.0. The predicted octanol–water partition coefficient (Wildman–Crippen LogP) is 6.26. The molecule has 2 aromatic heterocycles. The topological polar surface area (TPSA) is 105 Å². The van der Waals surface area contributed by atoms with E-state index in [1.807, 2.05) is 36.5 Å². The number of hydrogen-bond acceptors (Lipinski definition) is 9. The van der Waals surface area contributed by atoms with E-state index in [1.54, 1.807) is 18.4 Å². The largest absolute Gasteiger partial charge is 0.393 e. The molecule has 1 fully saturated rings. The number of aliphatic hydroxyl groups is 1. The van der Waals surface area contributed by atoms with Gasteiger partial charge < -0.3 is 15.2 Å². The maximum absolute atomic E-state index is 9.86. The molecule has 0 radical (unpaired) electrons. The van der Waals surface area contributed by atoms with Crippen molar-refractivity contribution in [1.82, 2.24) is 15.0 Å². The Hall–Kier alpha value is -3.79. The number of fused-ring (bicyclic) bond motifs is 1. The van der Waals surface area contributed by atoms with Gasteiger partial charge in [-0.1, -0.05) is 53.8 Å². The number of nitrogens with zero attached hydrogens (tertiary/aromatic N) is 5. The molecular weight excluding hydrogens is 508 g/mol. The van der Waals surface area contributed by atoms with Crippen LogP contribution in [0, 0.1) is 0 Å². The van der Waals surface area contributed by atoms with E-state index in [1.165, 1.54) is 5.56 Å². The Morgan fingerprint density at radius 2 is 1.90 bits per heavy atom. The van der Waals surface area contributed by atoms with Crippen LogP contribution in [0.1, 0.15) is 48.9 Å². The van der Waals surface area contributed by atoms with Crippen molar-refractivity contribution in [3.05, 3.63) is 77.5 Å². The molecule has 0 amide bonds. The number of aliphatic hydroxyl groups excluding tert-OH is 1. The summed E-state index contributed by atoms with van der Waals surface area (Å²) in [5.74, 6) is 1.11. The average molecular weight is 539 g/mol. The number of aromatic nitrogens is 3. The highest BCUT2D eigenvalue weighted by molar-refractivity contribution is 7.22. The van der Waals surface area contributed by atoms with E-state index in [4.69, 9.17) is 24.7 Å². The standard InChI is InChI=1S/C30H30N6O2S/c1-38-28-14-8-21(18-31-28)20-7-13-25-26(16-20)39-30(34-25)36-27-17-23(15-19-5-3-2-4-6-19)33-29(35-27)32-22-9-11-24(37)12-10-22/h2-8,13,16-18,24,28,37H,9-12,14-15H2,1H3,(H,33,34,35,36). The number of rotatable bonds is 7. The number of hydrogen-bond donors (Lipinski definition) is 2. The first-order valence-electron chi connectivity index (χ1n) is 13.2.